The van der Waals surface area contributed by atoms with Crippen LogP contribution in [0.4, 0.5) is 5.69 Å². The smallest absolute Gasteiger partial charge is 0.140 e. The zero-order chi connectivity index (χ0) is 13.0. The number of anilines is 1. The molecule has 1 aromatic carbocycles. The molecule has 0 aliphatic carbocycles. The van der Waals surface area contributed by atoms with E-state index >= 15 is 0 Å². The van der Waals surface area contributed by atoms with Gasteiger partial charge in [0.1, 0.15) is 11.8 Å². The third kappa shape index (κ3) is 3.13. The molecule has 90 valence electrons. The lowest BCUT2D eigenvalue weighted by Gasteiger charge is -2.08. The number of pyridine rings is 1. The van der Waals surface area contributed by atoms with Gasteiger partial charge in [-0.15, -0.1) is 0 Å². The topological polar surface area (TPSA) is 48.7 Å². The summed E-state index contributed by atoms with van der Waals surface area (Å²) in [4.78, 5) is 3.91. The van der Waals surface area contributed by atoms with E-state index in [1.165, 1.54) is 0 Å². The Morgan fingerprint density at radius 2 is 2.06 bits per heavy atom. The van der Waals surface area contributed by atoms with E-state index < -0.39 is 0 Å². The normalized spacial score (nSPS) is 9.83. The van der Waals surface area contributed by atoms with Gasteiger partial charge in [0, 0.05) is 17.8 Å². The molecule has 0 saturated carbocycles. The second kappa shape index (κ2) is 5.72. The molecule has 0 fully saturated rings. The molecule has 0 radical (unpaired) electrons. The minimum Gasteiger partial charge on any atom is -0.380 e. The Balaban J connectivity index is 2.11. The third-order valence-electron chi connectivity index (χ3n) is 2.35. The van der Waals surface area contributed by atoms with Gasteiger partial charge in [0.15, 0.2) is 0 Å². The Hall–Kier alpha value is -1.76. The van der Waals surface area contributed by atoms with E-state index in [2.05, 4.69) is 10.3 Å². The van der Waals surface area contributed by atoms with E-state index in [1.54, 1.807) is 30.5 Å². The van der Waals surface area contributed by atoms with Gasteiger partial charge in [0.25, 0.3) is 0 Å². The molecule has 1 heterocycles. The van der Waals surface area contributed by atoms with Gasteiger partial charge < -0.3 is 5.32 Å². The highest BCUT2D eigenvalue weighted by molar-refractivity contribution is 6.35. The van der Waals surface area contributed by atoms with E-state index in [1.807, 2.05) is 12.1 Å². The Morgan fingerprint density at radius 1 is 1.22 bits per heavy atom. The van der Waals surface area contributed by atoms with Gasteiger partial charge >= 0.3 is 0 Å². The summed E-state index contributed by atoms with van der Waals surface area (Å²) in [5.74, 6) is 0. The lowest BCUT2D eigenvalue weighted by molar-refractivity contribution is 1.12. The van der Waals surface area contributed by atoms with Crippen LogP contribution in [0.5, 0.6) is 0 Å². The van der Waals surface area contributed by atoms with Crippen molar-refractivity contribution in [3.05, 3.63) is 57.8 Å². The molecule has 0 bridgehead atoms. The van der Waals surface area contributed by atoms with Crippen molar-refractivity contribution in [2.75, 3.05) is 5.32 Å². The number of hydrogen-bond acceptors (Lipinski definition) is 3. The molecular formula is C13H9Cl2N3. The van der Waals surface area contributed by atoms with E-state index in [0.717, 1.165) is 11.3 Å². The largest absolute Gasteiger partial charge is 0.380 e. The number of hydrogen-bond donors (Lipinski definition) is 1. The summed E-state index contributed by atoms with van der Waals surface area (Å²) in [6.45, 7) is 0.553. The monoisotopic (exact) mass is 277 g/mol. The molecule has 0 atom stereocenters. The summed E-state index contributed by atoms with van der Waals surface area (Å²) in [6, 6.07) is 10.8. The molecule has 1 aromatic heterocycles. The zero-order valence-electron chi connectivity index (χ0n) is 9.32. The van der Waals surface area contributed by atoms with Crippen LogP contribution < -0.4 is 5.32 Å². The summed E-state index contributed by atoms with van der Waals surface area (Å²) >= 11 is 11.9. The van der Waals surface area contributed by atoms with Gasteiger partial charge in [-0.25, -0.2) is 4.98 Å². The number of nitrogens with zero attached hydrogens (tertiary/aromatic N) is 2. The van der Waals surface area contributed by atoms with E-state index in [0.29, 0.717) is 22.3 Å². The van der Waals surface area contributed by atoms with Gasteiger partial charge in [0.05, 0.1) is 10.7 Å². The van der Waals surface area contributed by atoms with Gasteiger partial charge in [-0.2, -0.15) is 5.26 Å². The second-order valence-electron chi connectivity index (χ2n) is 3.64. The third-order valence-corrected chi connectivity index (χ3v) is 2.91. The fourth-order valence-corrected chi connectivity index (χ4v) is 1.83. The number of nitriles is 1. The predicted molar refractivity (Wildman–Crippen MR) is 72.7 cm³/mol. The van der Waals surface area contributed by atoms with Crippen LogP contribution in [0.15, 0.2) is 36.5 Å². The van der Waals surface area contributed by atoms with Crippen molar-refractivity contribution >= 4 is 28.9 Å². The average molecular weight is 278 g/mol. The van der Waals surface area contributed by atoms with Crippen LogP contribution in [0, 0.1) is 11.3 Å². The Bertz CT molecular complexity index is 605. The van der Waals surface area contributed by atoms with Crippen molar-refractivity contribution in [3.8, 4) is 6.07 Å². The van der Waals surface area contributed by atoms with Gasteiger partial charge in [-0.1, -0.05) is 23.2 Å². The molecule has 5 heteroatoms. The standard InChI is InChI=1S/C13H9Cl2N3/c14-10-1-2-12(15)13(6-10)18-8-9-3-4-17-11(5-9)7-16/h1-6,18H,8H2. The lowest BCUT2D eigenvalue weighted by atomic mass is 10.2. The van der Waals surface area contributed by atoms with Crippen LogP contribution in [0.1, 0.15) is 11.3 Å². The Labute approximate surface area is 115 Å². The SMILES string of the molecule is N#Cc1cc(CNc2cc(Cl)ccc2Cl)ccn1. The molecule has 0 saturated heterocycles. The summed E-state index contributed by atoms with van der Waals surface area (Å²) in [5.41, 5.74) is 2.11. The van der Waals surface area contributed by atoms with Gasteiger partial charge in [0.2, 0.25) is 0 Å². The molecule has 2 rings (SSSR count). The molecule has 2 aromatic rings. The molecule has 0 spiro atoms. The Kier molecular flexibility index (Phi) is 4.03. The van der Waals surface area contributed by atoms with E-state index in [-0.39, 0.29) is 0 Å². The van der Waals surface area contributed by atoms with Crippen molar-refractivity contribution in [2.45, 2.75) is 6.54 Å². The summed E-state index contributed by atoms with van der Waals surface area (Å²) in [5, 5.41) is 13.1. The van der Waals surface area contributed by atoms with Crippen LogP contribution in [0.3, 0.4) is 0 Å². The highest BCUT2D eigenvalue weighted by Gasteiger charge is 2.02. The minimum absolute atomic E-state index is 0.395. The van der Waals surface area contributed by atoms with Crippen LogP contribution in [0.2, 0.25) is 10.0 Å². The van der Waals surface area contributed by atoms with Crippen LogP contribution in [0.25, 0.3) is 0 Å². The first-order valence-corrected chi connectivity index (χ1v) is 5.98. The lowest BCUT2D eigenvalue weighted by Crippen LogP contribution is -2.00. The fourth-order valence-electron chi connectivity index (χ4n) is 1.48. The molecule has 18 heavy (non-hydrogen) atoms. The van der Waals surface area contributed by atoms with Crippen LogP contribution in [-0.4, -0.2) is 4.98 Å². The number of rotatable bonds is 3. The van der Waals surface area contributed by atoms with E-state index in [9.17, 15) is 0 Å². The number of aromatic nitrogens is 1. The molecule has 0 unspecified atom stereocenters. The fraction of sp³-hybridized carbons (Fsp3) is 0.0769. The van der Waals surface area contributed by atoms with Crippen molar-refractivity contribution in [2.24, 2.45) is 0 Å². The quantitative estimate of drug-likeness (QED) is 0.927. The molecule has 0 aliphatic heterocycles. The molecule has 3 nitrogen and oxygen atoms in total. The molecule has 0 aliphatic rings. The first-order valence-electron chi connectivity index (χ1n) is 5.23. The highest BCUT2D eigenvalue weighted by atomic mass is 35.5. The van der Waals surface area contributed by atoms with Crippen LogP contribution in [-0.2, 0) is 6.54 Å². The molecule has 0 amide bonds. The van der Waals surface area contributed by atoms with Crippen molar-refractivity contribution in [1.82, 2.24) is 4.98 Å². The summed E-state index contributed by atoms with van der Waals surface area (Å²) in [7, 11) is 0. The number of nitrogens with one attached hydrogen (secondary N) is 1. The maximum Gasteiger partial charge on any atom is 0.140 e. The first-order chi connectivity index (χ1) is 8.69. The molecular weight excluding hydrogens is 269 g/mol. The van der Waals surface area contributed by atoms with Gasteiger partial charge in [-0.05, 0) is 35.9 Å². The average Bonchev–Trinajstić information content (AvgIpc) is 2.40. The van der Waals surface area contributed by atoms with Crippen molar-refractivity contribution in [3.63, 3.8) is 0 Å². The maximum absolute atomic E-state index is 8.76. The van der Waals surface area contributed by atoms with Crippen molar-refractivity contribution in [1.29, 1.82) is 5.26 Å². The second-order valence-corrected chi connectivity index (χ2v) is 4.48. The summed E-state index contributed by atoms with van der Waals surface area (Å²) < 4.78 is 0. The maximum atomic E-state index is 8.76. The van der Waals surface area contributed by atoms with Crippen LogP contribution >= 0.6 is 23.2 Å². The zero-order valence-corrected chi connectivity index (χ0v) is 10.8. The number of benzene rings is 1. The molecule has 1 N–H and O–H groups in total. The summed E-state index contributed by atoms with van der Waals surface area (Å²) in [6.07, 6.45) is 1.61. The Morgan fingerprint density at radius 3 is 2.83 bits per heavy atom. The highest BCUT2D eigenvalue weighted by Crippen LogP contribution is 2.25. The predicted octanol–water partition coefficient (Wildman–Crippen LogP) is 3.87. The van der Waals surface area contributed by atoms with Gasteiger partial charge in [-0.3, -0.25) is 0 Å². The first kappa shape index (κ1) is 12.7. The minimum atomic E-state index is 0.395. The number of halogens is 2. The van der Waals surface area contributed by atoms with E-state index in [4.69, 9.17) is 28.5 Å². The van der Waals surface area contributed by atoms with Crippen molar-refractivity contribution < 1.29 is 0 Å².